The van der Waals surface area contributed by atoms with E-state index in [1.807, 2.05) is 36.6 Å². The molecule has 0 aliphatic heterocycles. The highest BCUT2D eigenvalue weighted by Gasteiger charge is 2.30. The van der Waals surface area contributed by atoms with Gasteiger partial charge in [0.2, 0.25) is 17.7 Å². The van der Waals surface area contributed by atoms with Gasteiger partial charge in [-0.3, -0.25) is 19.4 Å². The predicted molar refractivity (Wildman–Crippen MR) is 142 cm³/mol. The van der Waals surface area contributed by atoms with E-state index in [0.29, 0.717) is 5.75 Å². The van der Waals surface area contributed by atoms with Crippen LogP contribution in [0.4, 0.5) is 0 Å². The normalized spacial score (nSPS) is 13.9. The van der Waals surface area contributed by atoms with Crippen LogP contribution in [0.2, 0.25) is 0 Å². The van der Waals surface area contributed by atoms with Crippen LogP contribution in [0, 0.1) is 0 Å². The Bertz CT molecular complexity index is 914. The van der Waals surface area contributed by atoms with E-state index in [4.69, 9.17) is 22.3 Å². The van der Waals surface area contributed by atoms with Gasteiger partial charge in [0.15, 0.2) is 5.96 Å². The molecule has 0 aliphatic rings. The van der Waals surface area contributed by atoms with Crippen LogP contribution in [0.25, 0.3) is 0 Å². The van der Waals surface area contributed by atoms with Crippen LogP contribution in [0.3, 0.4) is 0 Å². The molecule has 0 saturated heterocycles. The summed E-state index contributed by atoms with van der Waals surface area (Å²) in [6.45, 7) is -0.660. The molecule has 0 bridgehead atoms. The Hall–Kier alpha value is -3.36. The van der Waals surface area contributed by atoms with Crippen molar-refractivity contribution in [1.29, 1.82) is 0 Å². The van der Waals surface area contributed by atoms with E-state index in [9.17, 15) is 24.3 Å². The first-order valence-electron chi connectivity index (χ1n) is 11.7. The number of hydrogen-bond donors (Lipinski definition) is 8. The number of aliphatic carboxylic acids is 1. The van der Waals surface area contributed by atoms with E-state index in [-0.39, 0.29) is 38.2 Å². The van der Waals surface area contributed by atoms with Crippen molar-refractivity contribution in [1.82, 2.24) is 16.0 Å². The molecule has 206 valence electrons. The maximum absolute atomic E-state index is 13.1. The van der Waals surface area contributed by atoms with Crippen molar-refractivity contribution >= 4 is 41.4 Å². The highest BCUT2D eigenvalue weighted by atomic mass is 32.2. The second-order valence-corrected chi connectivity index (χ2v) is 9.22. The van der Waals surface area contributed by atoms with Crippen molar-refractivity contribution in [2.75, 3.05) is 25.2 Å². The van der Waals surface area contributed by atoms with Crippen LogP contribution in [0.5, 0.6) is 0 Å². The fraction of sp³-hybridized carbons (Fsp3) is 0.522. The lowest BCUT2D eigenvalue weighted by atomic mass is 10.0. The van der Waals surface area contributed by atoms with Crippen molar-refractivity contribution < 1.29 is 29.4 Å². The lowest BCUT2D eigenvalue weighted by molar-refractivity contribution is -0.143. The van der Waals surface area contributed by atoms with E-state index in [1.54, 1.807) is 0 Å². The van der Waals surface area contributed by atoms with Crippen molar-refractivity contribution in [3.63, 3.8) is 0 Å². The lowest BCUT2D eigenvalue weighted by Gasteiger charge is -2.25. The second kappa shape index (κ2) is 17.2. The molecule has 0 aromatic heterocycles. The first-order chi connectivity index (χ1) is 17.6. The average molecular weight is 540 g/mol. The second-order valence-electron chi connectivity index (χ2n) is 8.23. The van der Waals surface area contributed by atoms with E-state index < -0.39 is 54.5 Å². The zero-order chi connectivity index (χ0) is 27.8. The number of hydrogen-bond acceptors (Lipinski definition) is 8. The van der Waals surface area contributed by atoms with Crippen LogP contribution >= 0.6 is 11.8 Å². The summed E-state index contributed by atoms with van der Waals surface area (Å²) in [5, 5.41) is 25.8. The summed E-state index contributed by atoms with van der Waals surface area (Å²) in [6.07, 6.45) is 2.75. The maximum Gasteiger partial charge on any atom is 0.328 e. The molecule has 14 heteroatoms. The summed E-state index contributed by atoms with van der Waals surface area (Å²) in [5.41, 5.74) is 17.5. The number of nitrogens with zero attached hydrogens (tertiary/aromatic N) is 1. The van der Waals surface area contributed by atoms with Crippen molar-refractivity contribution in [2.24, 2.45) is 22.2 Å². The van der Waals surface area contributed by atoms with Gasteiger partial charge in [0.05, 0.1) is 12.6 Å². The highest BCUT2D eigenvalue weighted by Crippen LogP contribution is 2.07. The molecule has 0 aliphatic carbocycles. The number of nitrogens with one attached hydrogen (secondary N) is 3. The predicted octanol–water partition coefficient (Wildman–Crippen LogP) is -2.11. The Labute approximate surface area is 220 Å². The van der Waals surface area contributed by atoms with Crippen LogP contribution in [-0.2, 0) is 25.6 Å². The third kappa shape index (κ3) is 12.4. The van der Waals surface area contributed by atoms with Crippen molar-refractivity contribution in [3.8, 4) is 0 Å². The molecule has 0 heterocycles. The number of rotatable bonds is 17. The molecule has 4 atom stereocenters. The average Bonchev–Trinajstić information content (AvgIpc) is 2.86. The summed E-state index contributed by atoms with van der Waals surface area (Å²) < 4.78 is 0. The first-order valence-corrected chi connectivity index (χ1v) is 13.1. The number of aliphatic hydroxyl groups excluding tert-OH is 1. The molecule has 1 rings (SSSR count). The van der Waals surface area contributed by atoms with Crippen LogP contribution in [0.15, 0.2) is 35.3 Å². The minimum absolute atomic E-state index is 0.0723. The smallest absolute Gasteiger partial charge is 0.328 e. The van der Waals surface area contributed by atoms with Crippen LogP contribution in [-0.4, -0.2) is 89.2 Å². The fourth-order valence-electron chi connectivity index (χ4n) is 3.25. The Morgan fingerprint density at radius 3 is 2.05 bits per heavy atom. The van der Waals surface area contributed by atoms with E-state index >= 15 is 0 Å². The quantitative estimate of drug-likeness (QED) is 0.0609. The zero-order valence-electron chi connectivity index (χ0n) is 20.8. The highest BCUT2D eigenvalue weighted by molar-refractivity contribution is 7.98. The minimum Gasteiger partial charge on any atom is -0.480 e. The maximum atomic E-state index is 13.1. The number of amides is 3. The number of guanidine groups is 1. The largest absolute Gasteiger partial charge is 0.480 e. The number of thioether (sulfide) groups is 1. The van der Waals surface area contributed by atoms with Crippen LogP contribution in [0.1, 0.15) is 24.8 Å². The standard InChI is InChI=1S/C23H37N7O6S/c1-37-11-9-17(28-19(32)15(24)12-14-6-3-2-4-7-14)21(34)29-16(8-5-10-27-23(25)26)20(33)30-18(13-31)22(35)36/h2-4,6-7,15-18,31H,5,8-13,24H2,1H3,(H,28,32)(H,29,34)(H,30,33)(H,35,36)(H4,25,26,27). The Morgan fingerprint density at radius 1 is 0.946 bits per heavy atom. The van der Waals surface area contributed by atoms with Gasteiger partial charge in [-0.15, -0.1) is 0 Å². The van der Waals surface area contributed by atoms with Gasteiger partial charge in [0.1, 0.15) is 18.1 Å². The molecule has 3 amide bonds. The summed E-state index contributed by atoms with van der Waals surface area (Å²) in [6, 6.07) is 4.60. The number of carbonyl (C=O) groups excluding carboxylic acids is 3. The molecule has 37 heavy (non-hydrogen) atoms. The molecular formula is C23H37N7O6S. The van der Waals surface area contributed by atoms with Crippen molar-refractivity contribution in [3.05, 3.63) is 35.9 Å². The summed E-state index contributed by atoms with van der Waals surface area (Å²) in [4.78, 5) is 53.7. The van der Waals surface area contributed by atoms with Crippen molar-refractivity contribution in [2.45, 2.75) is 49.9 Å². The Morgan fingerprint density at radius 2 is 1.51 bits per heavy atom. The molecular weight excluding hydrogens is 502 g/mol. The number of carboxylic acid groups (broad SMARTS) is 1. The van der Waals surface area contributed by atoms with Crippen LogP contribution < -0.4 is 33.2 Å². The molecule has 1 aromatic carbocycles. The van der Waals surface area contributed by atoms with Gasteiger partial charge >= 0.3 is 5.97 Å². The third-order valence-electron chi connectivity index (χ3n) is 5.25. The number of carbonyl (C=O) groups is 4. The summed E-state index contributed by atoms with van der Waals surface area (Å²) >= 11 is 1.47. The van der Waals surface area contributed by atoms with Gasteiger partial charge in [0.25, 0.3) is 0 Å². The minimum atomic E-state index is -1.55. The lowest BCUT2D eigenvalue weighted by Crippen LogP contribution is -2.57. The summed E-state index contributed by atoms with van der Waals surface area (Å²) in [7, 11) is 0. The molecule has 13 nitrogen and oxygen atoms in total. The molecule has 1 aromatic rings. The fourth-order valence-corrected chi connectivity index (χ4v) is 3.72. The summed E-state index contributed by atoms with van der Waals surface area (Å²) in [5.74, 6) is -2.99. The number of benzene rings is 1. The van der Waals surface area contributed by atoms with Gasteiger partial charge < -0.3 is 43.4 Å². The van der Waals surface area contributed by atoms with E-state index in [2.05, 4.69) is 20.9 Å². The molecule has 0 fully saturated rings. The monoisotopic (exact) mass is 539 g/mol. The number of carboxylic acids is 1. The van der Waals surface area contributed by atoms with Gasteiger partial charge in [-0.1, -0.05) is 30.3 Å². The van der Waals surface area contributed by atoms with E-state index in [0.717, 1.165) is 5.56 Å². The van der Waals surface area contributed by atoms with Gasteiger partial charge in [0, 0.05) is 6.54 Å². The molecule has 0 radical (unpaired) electrons. The topological polar surface area (TPSA) is 235 Å². The van der Waals surface area contributed by atoms with Gasteiger partial charge in [-0.25, -0.2) is 4.79 Å². The zero-order valence-corrected chi connectivity index (χ0v) is 21.6. The number of nitrogens with two attached hydrogens (primary N) is 3. The molecule has 11 N–H and O–H groups in total. The number of aliphatic imine (C=N–C) groups is 1. The SMILES string of the molecule is CSCCC(NC(=O)C(N)Cc1ccccc1)C(=O)NC(CCCN=C(N)N)C(=O)NC(CO)C(=O)O. The van der Waals surface area contributed by atoms with Gasteiger partial charge in [-0.05, 0) is 43.3 Å². The number of aliphatic hydroxyl groups is 1. The van der Waals surface area contributed by atoms with Gasteiger partial charge in [-0.2, -0.15) is 11.8 Å². The Balaban J connectivity index is 2.95. The first kappa shape index (κ1) is 31.7. The van der Waals surface area contributed by atoms with E-state index in [1.165, 1.54) is 11.8 Å². The third-order valence-corrected chi connectivity index (χ3v) is 5.90. The molecule has 0 spiro atoms. The molecule has 4 unspecified atom stereocenters. The molecule has 0 saturated carbocycles. The Kier molecular flexibility index (Phi) is 14.7.